The van der Waals surface area contributed by atoms with Crippen molar-refractivity contribution in [1.29, 1.82) is 0 Å². The molecule has 1 aromatic rings. The first kappa shape index (κ1) is 15.9. The Balaban J connectivity index is 1.39. The van der Waals surface area contributed by atoms with E-state index in [0.29, 0.717) is 11.9 Å². The predicted molar refractivity (Wildman–Crippen MR) is 99.1 cm³/mol. The maximum absolute atomic E-state index is 13.0. The molecule has 4 fully saturated rings. The van der Waals surface area contributed by atoms with Gasteiger partial charge in [-0.3, -0.25) is 9.80 Å². The summed E-state index contributed by atoms with van der Waals surface area (Å²) >= 11 is 0. The van der Waals surface area contributed by atoms with Crippen LogP contribution in [0, 0.1) is 23.7 Å². The summed E-state index contributed by atoms with van der Waals surface area (Å²) in [6, 6.07) is 8.50. The summed E-state index contributed by atoms with van der Waals surface area (Å²) < 4.78 is 0. The van der Waals surface area contributed by atoms with E-state index in [4.69, 9.17) is 7.85 Å². The largest absolute Gasteiger partial charge is 0.271 e. The third kappa shape index (κ3) is 2.26. The molecule has 4 heteroatoms. The van der Waals surface area contributed by atoms with Crippen molar-refractivity contribution in [2.24, 2.45) is 23.7 Å². The number of fused-ring (bicyclic) bond motifs is 1. The lowest BCUT2D eigenvalue weighted by Crippen LogP contribution is -2.77. The quantitative estimate of drug-likeness (QED) is 0.794. The van der Waals surface area contributed by atoms with Gasteiger partial charge < -0.3 is 0 Å². The molecule has 3 nitrogen and oxygen atoms in total. The minimum atomic E-state index is -0.394. The molecule has 2 radical (unpaired) electrons. The van der Waals surface area contributed by atoms with E-state index >= 15 is 0 Å². The Labute approximate surface area is 152 Å². The van der Waals surface area contributed by atoms with Crippen molar-refractivity contribution in [2.75, 3.05) is 0 Å². The summed E-state index contributed by atoms with van der Waals surface area (Å²) in [5, 5.41) is 4.46. The van der Waals surface area contributed by atoms with Gasteiger partial charge in [-0.05, 0) is 75.2 Å². The van der Waals surface area contributed by atoms with Crippen LogP contribution in [0.4, 0.5) is 0 Å². The fraction of sp³-hybridized carbons (Fsp3) is 0.667. The van der Waals surface area contributed by atoms with Crippen molar-refractivity contribution in [3.05, 3.63) is 29.8 Å². The first-order valence-corrected chi connectivity index (χ1v) is 9.91. The summed E-state index contributed by atoms with van der Waals surface area (Å²) in [6.45, 7) is 4.92. The Hall–Kier alpha value is -1.29. The second kappa shape index (κ2) is 5.36. The Kier molecular flexibility index (Phi) is 3.41. The van der Waals surface area contributed by atoms with E-state index in [-0.39, 0.29) is 0 Å². The first-order valence-electron chi connectivity index (χ1n) is 9.91. The van der Waals surface area contributed by atoms with Gasteiger partial charge in [-0.2, -0.15) is 5.01 Å². The zero-order chi connectivity index (χ0) is 17.3. The molecular weight excluding hydrogens is 307 g/mol. The van der Waals surface area contributed by atoms with Crippen LogP contribution in [0.1, 0.15) is 51.5 Å². The highest BCUT2D eigenvalue weighted by atomic mass is 16.2. The van der Waals surface area contributed by atoms with Crippen LogP contribution in [0.2, 0.25) is 0 Å². The molecule has 2 bridgehead atoms. The minimum absolute atomic E-state index is 0.312. The first-order chi connectivity index (χ1) is 11.9. The van der Waals surface area contributed by atoms with E-state index in [1.807, 2.05) is 12.1 Å². The Morgan fingerprint density at radius 2 is 1.76 bits per heavy atom. The molecule has 5 unspecified atom stereocenters. The maximum Gasteiger partial charge on any atom is 0.258 e. The average Bonchev–Trinajstić information content (AvgIpc) is 2.82. The molecule has 130 valence electrons. The summed E-state index contributed by atoms with van der Waals surface area (Å²) in [5.41, 5.74) is 1.62. The number of rotatable bonds is 3. The van der Waals surface area contributed by atoms with Gasteiger partial charge in [-0.1, -0.05) is 29.7 Å². The molecule has 0 aromatic heterocycles. The molecule has 1 heterocycles. The van der Waals surface area contributed by atoms with Crippen molar-refractivity contribution >= 4 is 19.2 Å². The van der Waals surface area contributed by atoms with Crippen LogP contribution in [0.5, 0.6) is 0 Å². The fourth-order valence-electron chi connectivity index (χ4n) is 6.13. The zero-order valence-corrected chi connectivity index (χ0v) is 15.3. The number of hydrogen-bond acceptors (Lipinski definition) is 2. The van der Waals surface area contributed by atoms with Crippen LogP contribution >= 0.6 is 0 Å². The van der Waals surface area contributed by atoms with Crippen molar-refractivity contribution in [3.63, 3.8) is 0 Å². The van der Waals surface area contributed by atoms with Gasteiger partial charge in [-0.25, -0.2) is 0 Å². The number of hydrogen-bond donors (Lipinski definition) is 0. The van der Waals surface area contributed by atoms with Crippen molar-refractivity contribution in [2.45, 2.75) is 64.1 Å². The number of nitrogens with zero attached hydrogens (tertiary/aromatic N) is 2. The summed E-state index contributed by atoms with van der Waals surface area (Å²) in [7, 11) is 5.82. The predicted octanol–water partition coefficient (Wildman–Crippen LogP) is 2.64. The van der Waals surface area contributed by atoms with Crippen LogP contribution in [0.3, 0.4) is 0 Å². The van der Waals surface area contributed by atoms with E-state index in [1.54, 1.807) is 0 Å². The fourth-order valence-corrected chi connectivity index (χ4v) is 6.13. The van der Waals surface area contributed by atoms with Crippen LogP contribution in [0.25, 0.3) is 0 Å². The minimum Gasteiger partial charge on any atom is -0.271 e. The lowest BCUT2D eigenvalue weighted by molar-refractivity contribution is -0.234. The maximum atomic E-state index is 13.0. The Morgan fingerprint density at radius 1 is 1.04 bits per heavy atom. The lowest BCUT2D eigenvalue weighted by Gasteiger charge is -2.59. The molecule has 3 saturated carbocycles. The van der Waals surface area contributed by atoms with Crippen LogP contribution in [0.15, 0.2) is 24.3 Å². The van der Waals surface area contributed by atoms with Gasteiger partial charge in [0.15, 0.2) is 0 Å². The smallest absolute Gasteiger partial charge is 0.258 e. The highest BCUT2D eigenvalue weighted by molar-refractivity contribution is 6.32. The van der Waals surface area contributed by atoms with Crippen LogP contribution in [-0.4, -0.2) is 35.4 Å². The second-order valence-corrected chi connectivity index (χ2v) is 9.30. The van der Waals surface area contributed by atoms with E-state index in [0.717, 1.165) is 35.7 Å². The monoisotopic (exact) mass is 334 g/mol. The van der Waals surface area contributed by atoms with Gasteiger partial charge in [0, 0.05) is 6.54 Å². The molecule has 1 aromatic carbocycles. The lowest BCUT2D eigenvalue weighted by atomic mass is 9.64. The molecule has 0 N–H and O–H groups in total. The van der Waals surface area contributed by atoms with E-state index in [2.05, 4.69) is 36.0 Å². The number of carbonyl (C=O) groups excluding carboxylic acids is 1. The molecule has 4 aliphatic rings. The summed E-state index contributed by atoms with van der Waals surface area (Å²) in [5.74, 6) is 3.93. The van der Waals surface area contributed by atoms with Crippen molar-refractivity contribution < 1.29 is 4.79 Å². The van der Waals surface area contributed by atoms with E-state index in [1.165, 1.54) is 37.7 Å². The van der Waals surface area contributed by atoms with Gasteiger partial charge >= 0.3 is 0 Å². The molecular formula is C21H27BN2O. The topological polar surface area (TPSA) is 23.6 Å². The Morgan fingerprint density at radius 3 is 2.52 bits per heavy atom. The second-order valence-electron chi connectivity index (χ2n) is 9.30. The Bertz CT molecular complexity index is 700. The number of amides is 1. The summed E-state index contributed by atoms with van der Waals surface area (Å²) in [6.07, 6.45) is 6.69. The molecule has 25 heavy (non-hydrogen) atoms. The third-order valence-electron chi connectivity index (χ3n) is 7.64. The highest BCUT2D eigenvalue weighted by Crippen LogP contribution is 2.59. The normalized spacial score (nSPS) is 38.9. The standard InChI is InChI=1S/C21H27BN2O/c1-21(2)20(25)24(23(21)12-13-3-6-17(22)7-4-13)19-8-5-14-9-15-10-16(19)11-18(14)15/h3-4,6-7,14-16,18-19H,5,8-12H2,1-2H3. The molecule has 1 saturated heterocycles. The van der Waals surface area contributed by atoms with Gasteiger partial charge in [-0.15, -0.1) is 0 Å². The van der Waals surface area contributed by atoms with Crippen LogP contribution in [-0.2, 0) is 11.3 Å². The number of hydrazine groups is 1. The molecule has 1 aliphatic heterocycles. The van der Waals surface area contributed by atoms with Gasteiger partial charge in [0.05, 0.1) is 6.04 Å². The molecule has 1 amide bonds. The molecule has 5 atom stereocenters. The van der Waals surface area contributed by atoms with Crippen LogP contribution < -0.4 is 5.46 Å². The van der Waals surface area contributed by atoms with Gasteiger partial charge in [0.2, 0.25) is 0 Å². The van der Waals surface area contributed by atoms with Gasteiger partial charge in [0.1, 0.15) is 13.4 Å². The highest BCUT2D eigenvalue weighted by Gasteiger charge is 2.59. The average molecular weight is 334 g/mol. The zero-order valence-electron chi connectivity index (χ0n) is 15.3. The summed E-state index contributed by atoms with van der Waals surface area (Å²) in [4.78, 5) is 13.0. The van der Waals surface area contributed by atoms with Crippen molar-refractivity contribution in [3.8, 4) is 0 Å². The van der Waals surface area contributed by atoms with E-state index < -0.39 is 5.54 Å². The molecule has 3 aliphatic carbocycles. The van der Waals surface area contributed by atoms with Gasteiger partial charge in [0.25, 0.3) is 5.91 Å². The van der Waals surface area contributed by atoms with E-state index in [9.17, 15) is 4.79 Å². The van der Waals surface area contributed by atoms with Crippen molar-refractivity contribution in [1.82, 2.24) is 10.0 Å². The number of benzene rings is 1. The third-order valence-corrected chi connectivity index (χ3v) is 7.64. The SMILES string of the molecule is [B]c1ccc(CN2N(C3CCC4CC5CC3CC45)C(=O)C2(C)C)cc1. The number of carbonyl (C=O) groups is 1. The molecule has 5 rings (SSSR count). The molecule has 0 spiro atoms.